The third-order valence-electron chi connectivity index (χ3n) is 2.09. The molecule has 0 amide bonds. The number of aromatic nitrogens is 1. The summed E-state index contributed by atoms with van der Waals surface area (Å²) in [6, 6.07) is 4.29. The number of hydrogen-bond acceptors (Lipinski definition) is 4. The summed E-state index contributed by atoms with van der Waals surface area (Å²) in [5.74, 6) is 2.95. The molecule has 1 atom stereocenters. The van der Waals surface area contributed by atoms with Crippen LogP contribution in [0.4, 0.5) is 11.5 Å². The molecule has 3 nitrogen and oxygen atoms in total. The van der Waals surface area contributed by atoms with Gasteiger partial charge in [0.2, 0.25) is 0 Å². The number of anilines is 2. The predicted molar refractivity (Wildman–Crippen MR) is 69.4 cm³/mol. The zero-order chi connectivity index (χ0) is 11.1. The molecule has 0 bridgehead atoms. The Kier molecular flexibility index (Phi) is 5.32. The smallest absolute Gasteiger partial charge is 0.125 e. The first-order chi connectivity index (χ1) is 7.22. The lowest BCUT2D eigenvalue weighted by molar-refractivity contribution is 0.771. The molecular formula is C11H19N3S. The van der Waals surface area contributed by atoms with Crippen LogP contribution in [0.5, 0.6) is 0 Å². The number of nitrogens with two attached hydrogens (primary N) is 1. The van der Waals surface area contributed by atoms with Gasteiger partial charge in [-0.3, -0.25) is 0 Å². The molecule has 0 spiro atoms. The minimum absolute atomic E-state index is 0.478. The maximum atomic E-state index is 5.60. The minimum atomic E-state index is 0.478. The molecule has 0 aliphatic carbocycles. The molecule has 1 aromatic rings. The number of thioether (sulfide) groups is 1. The van der Waals surface area contributed by atoms with Crippen molar-refractivity contribution in [2.45, 2.75) is 26.3 Å². The second kappa shape index (κ2) is 6.56. The van der Waals surface area contributed by atoms with E-state index in [0.717, 1.165) is 5.69 Å². The molecule has 0 aliphatic heterocycles. The van der Waals surface area contributed by atoms with Gasteiger partial charge < -0.3 is 11.1 Å². The van der Waals surface area contributed by atoms with Crippen molar-refractivity contribution in [1.29, 1.82) is 0 Å². The molecule has 0 aliphatic rings. The van der Waals surface area contributed by atoms with Gasteiger partial charge in [0.25, 0.3) is 0 Å². The Morgan fingerprint density at radius 1 is 1.60 bits per heavy atom. The molecule has 15 heavy (non-hydrogen) atoms. The SMILES string of the molecule is CCSCCC(C)Nc1ccnc(N)c1. The summed E-state index contributed by atoms with van der Waals surface area (Å²) in [4.78, 5) is 3.96. The third kappa shape index (κ3) is 4.93. The first-order valence-electron chi connectivity index (χ1n) is 5.28. The van der Waals surface area contributed by atoms with Gasteiger partial charge >= 0.3 is 0 Å². The van der Waals surface area contributed by atoms with E-state index in [1.54, 1.807) is 6.20 Å². The summed E-state index contributed by atoms with van der Waals surface area (Å²) in [6.45, 7) is 4.37. The lowest BCUT2D eigenvalue weighted by Crippen LogP contribution is -2.16. The van der Waals surface area contributed by atoms with Crippen molar-refractivity contribution in [2.75, 3.05) is 22.6 Å². The van der Waals surface area contributed by atoms with E-state index in [1.165, 1.54) is 17.9 Å². The number of nitrogens with zero attached hydrogens (tertiary/aromatic N) is 1. The Bertz CT molecular complexity index is 291. The van der Waals surface area contributed by atoms with Gasteiger partial charge in [-0.05, 0) is 30.9 Å². The first kappa shape index (κ1) is 12.2. The highest BCUT2D eigenvalue weighted by atomic mass is 32.2. The van der Waals surface area contributed by atoms with Crippen molar-refractivity contribution in [3.8, 4) is 0 Å². The van der Waals surface area contributed by atoms with Crippen LogP contribution < -0.4 is 11.1 Å². The van der Waals surface area contributed by atoms with Crippen molar-refractivity contribution >= 4 is 23.3 Å². The molecule has 1 unspecified atom stereocenters. The van der Waals surface area contributed by atoms with Gasteiger partial charge in [0.15, 0.2) is 0 Å². The van der Waals surface area contributed by atoms with Crippen molar-refractivity contribution in [3.63, 3.8) is 0 Å². The van der Waals surface area contributed by atoms with Gasteiger partial charge in [-0.25, -0.2) is 4.98 Å². The number of nitrogen functional groups attached to an aromatic ring is 1. The Balaban J connectivity index is 2.34. The Hall–Kier alpha value is -0.900. The van der Waals surface area contributed by atoms with Crippen LogP contribution in [0.2, 0.25) is 0 Å². The fourth-order valence-electron chi connectivity index (χ4n) is 1.30. The molecule has 1 heterocycles. The number of rotatable bonds is 6. The van der Waals surface area contributed by atoms with Crippen LogP contribution in [-0.4, -0.2) is 22.5 Å². The summed E-state index contributed by atoms with van der Waals surface area (Å²) in [5, 5.41) is 3.41. The molecule has 1 rings (SSSR count). The van der Waals surface area contributed by atoms with E-state index in [-0.39, 0.29) is 0 Å². The van der Waals surface area contributed by atoms with Crippen molar-refractivity contribution in [3.05, 3.63) is 18.3 Å². The molecule has 84 valence electrons. The number of hydrogen-bond donors (Lipinski definition) is 2. The van der Waals surface area contributed by atoms with E-state index in [0.29, 0.717) is 11.9 Å². The van der Waals surface area contributed by atoms with Crippen LogP contribution in [0.15, 0.2) is 18.3 Å². The Morgan fingerprint density at radius 2 is 2.40 bits per heavy atom. The summed E-state index contributed by atoms with van der Waals surface area (Å²) in [7, 11) is 0. The summed E-state index contributed by atoms with van der Waals surface area (Å²) < 4.78 is 0. The normalized spacial score (nSPS) is 12.4. The van der Waals surface area contributed by atoms with E-state index in [9.17, 15) is 0 Å². The summed E-state index contributed by atoms with van der Waals surface area (Å²) >= 11 is 1.97. The Labute approximate surface area is 95.9 Å². The topological polar surface area (TPSA) is 50.9 Å². The average molecular weight is 225 g/mol. The Morgan fingerprint density at radius 3 is 3.07 bits per heavy atom. The van der Waals surface area contributed by atoms with Gasteiger partial charge in [0, 0.05) is 24.0 Å². The van der Waals surface area contributed by atoms with Crippen LogP contribution in [0.1, 0.15) is 20.3 Å². The van der Waals surface area contributed by atoms with E-state index >= 15 is 0 Å². The van der Waals surface area contributed by atoms with Gasteiger partial charge in [-0.1, -0.05) is 6.92 Å². The first-order valence-corrected chi connectivity index (χ1v) is 6.43. The lowest BCUT2D eigenvalue weighted by Gasteiger charge is -2.14. The fourth-order valence-corrected chi connectivity index (χ4v) is 2.11. The van der Waals surface area contributed by atoms with Crippen molar-refractivity contribution in [1.82, 2.24) is 4.98 Å². The average Bonchev–Trinajstić information content (AvgIpc) is 2.18. The van der Waals surface area contributed by atoms with E-state index in [4.69, 9.17) is 5.73 Å². The predicted octanol–water partition coefficient (Wildman–Crippen LogP) is 2.61. The highest BCUT2D eigenvalue weighted by molar-refractivity contribution is 7.99. The summed E-state index contributed by atoms with van der Waals surface area (Å²) in [6.07, 6.45) is 2.89. The van der Waals surface area contributed by atoms with Crippen LogP contribution in [-0.2, 0) is 0 Å². The molecule has 0 aromatic carbocycles. The summed E-state index contributed by atoms with van der Waals surface area (Å²) in [5.41, 5.74) is 6.65. The molecule has 0 fully saturated rings. The zero-order valence-corrected chi connectivity index (χ0v) is 10.2. The standard InChI is InChI=1S/C11H19N3S/c1-3-15-7-5-9(2)14-10-4-6-13-11(12)8-10/h4,6,8-9H,3,5,7H2,1-2H3,(H3,12,13,14). The molecular weight excluding hydrogens is 206 g/mol. The van der Waals surface area contributed by atoms with E-state index < -0.39 is 0 Å². The second-order valence-electron chi connectivity index (χ2n) is 3.50. The van der Waals surface area contributed by atoms with Gasteiger partial charge in [0.05, 0.1) is 0 Å². The van der Waals surface area contributed by atoms with E-state index in [2.05, 4.69) is 24.1 Å². The maximum Gasteiger partial charge on any atom is 0.125 e. The third-order valence-corrected chi connectivity index (χ3v) is 3.03. The van der Waals surface area contributed by atoms with Crippen LogP contribution in [0.25, 0.3) is 0 Å². The van der Waals surface area contributed by atoms with Crippen molar-refractivity contribution < 1.29 is 0 Å². The van der Waals surface area contributed by atoms with Crippen LogP contribution in [0, 0.1) is 0 Å². The largest absolute Gasteiger partial charge is 0.384 e. The number of nitrogens with one attached hydrogen (secondary N) is 1. The fraction of sp³-hybridized carbons (Fsp3) is 0.545. The highest BCUT2D eigenvalue weighted by Crippen LogP contribution is 2.12. The van der Waals surface area contributed by atoms with Crippen LogP contribution in [0.3, 0.4) is 0 Å². The molecule has 1 aromatic heterocycles. The lowest BCUT2D eigenvalue weighted by atomic mass is 10.2. The van der Waals surface area contributed by atoms with Gasteiger partial charge in [-0.15, -0.1) is 0 Å². The molecule has 0 saturated heterocycles. The highest BCUT2D eigenvalue weighted by Gasteiger charge is 2.01. The number of pyridine rings is 1. The molecule has 3 N–H and O–H groups in total. The van der Waals surface area contributed by atoms with Gasteiger partial charge in [0.1, 0.15) is 5.82 Å². The quantitative estimate of drug-likeness (QED) is 0.731. The molecule has 0 radical (unpaired) electrons. The van der Waals surface area contributed by atoms with E-state index in [1.807, 2.05) is 23.9 Å². The van der Waals surface area contributed by atoms with Gasteiger partial charge in [-0.2, -0.15) is 11.8 Å². The second-order valence-corrected chi connectivity index (χ2v) is 4.89. The molecule has 4 heteroatoms. The maximum absolute atomic E-state index is 5.60. The van der Waals surface area contributed by atoms with Crippen molar-refractivity contribution in [2.24, 2.45) is 0 Å². The monoisotopic (exact) mass is 225 g/mol. The van der Waals surface area contributed by atoms with Crippen LogP contribution >= 0.6 is 11.8 Å². The minimum Gasteiger partial charge on any atom is -0.384 e. The molecule has 0 saturated carbocycles. The zero-order valence-electron chi connectivity index (χ0n) is 9.36.